The highest BCUT2D eigenvalue weighted by Gasteiger charge is 2.43. The van der Waals surface area contributed by atoms with E-state index in [1.807, 2.05) is 19.1 Å². The average Bonchev–Trinajstić information content (AvgIpc) is 3.18. The number of aliphatic hydroxyl groups excluding tert-OH is 1. The third-order valence-electron chi connectivity index (χ3n) is 3.44. The molecule has 1 aliphatic carbocycles. The molecule has 4 nitrogen and oxygen atoms in total. The number of aliphatic hydroxyl groups is 1. The van der Waals surface area contributed by atoms with Crippen LogP contribution in [0.25, 0.3) is 0 Å². The van der Waals surface area contributed by atoms with Gasteiger partial charge in [-0.05, 0) is 37.5 Å². The number of rotatable bonds is 7. The van der Waals surface area contributed by atoms with Crippen LogP contribution in [0.2, 0.25) is 0 Å². The third kappa shape index (κ3) is 3.39. The maximum atomic E-state index is 9.13. The lowest BCUT2D eigenvalue weighted by atomic mass is 10.1. The fraction of sp³-hybridized carbons (Fsp3) is 0.533. The van der Waals surface area contributed by atoms with E-state index in [0.717, 1.165) is 18.4 Å². The summed E-state index contributed by atoms with van der Waals surface area (Å²) in [6, 6.07) is 7.65. The molecule has 0 aromatic heterocycles. The average molecular weight is 261 g/mol. The quantitative estimate of drug-likeness (QED) is 0.819. The Bertz CT molecular complexity index is 475. The van der Waals surface area contributed by atoms with Crippen molar-refractivity contribution in [1.82, 2.24) is 0 Å². The van der Waals surface area contributed by atoms with Crippen molar-refractivity contribution in [3.05, 3.63) is 23.8 Å². The van der Waals surface area contributed by atoms with Crippen LogP contribution in [0, 0.1) is 16.7 Å². The van der Waals surface area contributed by atoms with Crippen LogP contribution in [0.3, 0.4) is 0 Å². The van der Waals surface area contributed by atoms with E-state index in [0.29, 0.717) is 31.1 Å². The Morgan fingerprint density at radius 2 is 2.11 bits per heavy atom. The van der Waals surface area contributed by atoms with Crippen LogP contribution >= 0.6 is 0 Å². The highest BCUT2D eigenvalue weighted by atomic mass is 16.5. The molecule has 0 atom stereocenters. The Kier molecular flexibility index (Phi) is 4.28. The zero-order valence-corrected chi connectivity index (χ0v) is 11.2. The minimum absolute atomic E-state index is 0.0152. The normalized spacial score (nSPS) is 15.6. The molecule has 4 heteroatoms. The fourth-order valence-corrected chi connectivity index (χ4v) is 1.99. The summed E-state index contributed by atoms with van der Waals surface area (Å²) < 4.78 is 11.3. The maximum Gasteiger partial charge on any atom is 0.161 e. The highest BCUT2D eigenvalue weighted by Crippen LogP contribution is 2.49. The first kappa shape index (κ1) is 13.7. The summed E-state index contributed by atoms with van der Waals surface area (Å²) in [7, 11) is 0. The first-order chi connectivity index (χ1) is 9.23. The molecule has 1 aromatic rings. The van der Waals surface area contributed by atoms with E-state index in [9.17, 15) is 0 Å². The van der Waals surface area contributed by atoms with Crippen LogP contribution in [-0.4, -0.2) is 18.3 Å². The molecule has 1 aliphatic rings. The lowest BCUT2D eigenvalue weighted by Crippen LogP contribution is -2.13. The summed E-state index contributed by atoms with van der Waals surface area (Å²) in [5, 5.41) is 17.9. The second-order valence-electron chi connectivity index (χ2n) is 5.00. The van der Waals surface area contributed by atoms with Gasteiger partial charge in [0.1, 0.15) is 0 Å². The number of nitriles is 1. The van der Waals surface area contributed by atoms with E-state index >= 15 is 0 Å². The Balaban J connectivity index is 2.05. The second kappa shape index (κ2) is 5.94. The standard InChI is InChI=1S/C15H19NO3/c1-2-18-14-9-12(10-17)3-4-13(14)19-11-15(5-6-15)7-8-16/h3-4,9,17H,2,5-7,10-11H2,1H3. The largest absolute Gasteiger partial charge is 0.490 e. The summed E-state index contributed by atoms with van der Waals surface area (Å²) in [5.74, 6) is 1.34. The lowest BCUT2D eigenvalue weighted by Gasteiger charge is -2.16. The van der Waals surface area contributed by atoms with Crippen molar-refractivity contribution < 1.29 is 14.6 Å². The van der Waals surface area contributed by atoms with Crippen LogP contribution in [0.1, 0.15) is 31.7 Å². The molecule has 2 rings (SSSR count). The molecule has 0 spiro atoms. The fourth-order valence-electron chi connectivity index (χ4n) is 1.99. The summed E-state index contributed by atoms with van der Waals surface area (Å²) >= 11 is 0. The van der Waals surface area contributed by atoms with Gasteiger partial charge in [0.05, 0.1) is 25.9 Å². The number of hydrogen-bond acceptors (Lipinski definition) is 4. The molecule has 0 heterocycles. The van der Waals surface area contributed by atoms with Crippen molar-refractivity contribution in [3.8, 4) is 17.6 Å². The van der Waals surface area contributed by atoms with Crippen LogP contribution in [0.15, 0.2) is 18.2 Å². The van der Waals surface area contributed by atoms with Crippen molar-refractivity contribution in [2.45, 2.75) is 32.8 Å². The second-order valence-corrected chi connectivity index (χ2v) is 5.00. The smallest absolute Gasteiger partial charge is 0.161 e. The maximum absolute atomic E-state index is 9.13. The predicted octanol–water partition coefficient (Wildman–Crippen LogP) is 2.65. The summed E-state index contributed by atoms with van der Waals surface area (Å²) in [6.45, 7) is 3.00. The van der Waals surface area contributed by atoms with Crippen LogP contribution in [0.5, 0.6) is 11.5 Å². The van der Waals surface area contributed by atoms with Crippen LogP contribution in [-0.2, 0) is 6.61 Å². The Morgan fingerprint density at radius 1 is 1.32 bits per heavy atom. The summed E-state index contributed by atoms with van der Waals surface area (Å²) in [6.07, 6.45) is 2.66. The van der Waals surface area contributed by atoms with Crippen molar-refractivity contribution in [1.29, 1.82) is 5.26 Å². The zero-order valence-electron chi connectivity index (χ0n) is 11.2. The summed E-state index contributed by atoms with van der Waals surface area (Å²) in [5.41, 5.74) is 0.849. The first-order valence-corrected chi connectivity index (χ1v) is 6.59. The van der Waals surface area contributed by atoms with Gasteiger partial charge in [-0.25, -0.2) is 0 Å². The Morgan fingerprint density at radius 3 is 2.68 bits per heavy atom. The van der Waals surface area contributed by atoms with Crippen LogP contribution in [0.4, 0.5) is 0 Å². The van der Waals surface area contributed by atoms with Gasteiger partial charge >= 0.3 is 0 Å². The van der Waals surface area contributed by atoms with Crippen molar-refractivity contribution in [3.63, 3.8) is 0 Å². The SMILES string of the molecule is CCOc1cc(CO)ccc1OCC1(CC#N)CC1. The lowest BCUT2D eigenvalue weighted by molar-refractivity contribution is 0.221. The van der Waals surface area contributed by atoms with Crippen molar-refractivity contribution in [2.75, 3.05) is 13.2 Å². The number of ether oxygens (including phenoxy) is 2. The molecular weight excluding hydrogens is 242 g/mol. The highest BCUT2D eigenvalue weighted by molar-refractivity contribution is 5.43. The van der Waals surface area contributed by atoms with Gasteiger partial charge in [-0.3, -0.25) is 0 Å². The molecule has 1 fully saturated rings. The molecule has 1 N–H and O–H groups in total. The zero-order chi connectivity index (χ0) is 13.7. The van der Waals surface area contributed by atoms with E-state index in [2.05, 4.69) is 6.07 Å². The molecule has 1 aromatic carbocycles. The van der Waals surface area contributed by atoms with E-state index in [1.165, 1.54) is 0 Å². The minimum Gasteiger partial charge on any atom is -0.490 e. The Labute approximate surface area is 113 Å². The van der Waals surface area contributed by atoms with Gasteiger partial charge in [0, 0.05) is 11.8 Å². The van der Waals surface area contributed by atoms with Crippen LogP contribution < -0.4 is 9.47 Å². The first-order valence-electron chi connectivity index (χ1n) is 6.59. The van der Waals surface area contributed by atoms with Gasteiger partial charge in [-0.1, -0.05) is 6.07 Å². The molecule has 0 amide bonds. The monoisotopic (exact) mass is 261 g/mol. The number of benzene rings is 1. The third-order valence-corrected chi connectivity index (χ3v) is 3.44. The van der Waals surface area contributed by atoms with Crippen molar-refractivity contribution in [2.24, 2.45) is 5.41 Å². The van der Waals surface area contributed by atoms with Gasteiger partial charge in [-0.2, -0.15) is 5.26 Å². The molecule has 0 radical (unpaired) electrons. The predicted molar refractivity (Wildman–Crippen MR) is 70.9 cm³/mol. The molecular formula is C15H19NO3. The van der Waals surface area contributed by atoms with Gasteiger partial charge in [0.2, 0.25) is 0 Å². The molecule has 19 heavy (non-hydrogen) atoms. The molecule has 0 saturated heterocycles. The van der Waals surface area contributed by atoms with Gasteiger partial charge in [0.15, 0.2) is 11.5 Å². The van der Waals surface area contributed by atoms with E-state index < -0.39 is 0 Å². The van der Waals surface area contributed by atoms with Gasteiger partial charge in [0.25, 0.3) is 0 Å². The van der Waals surface area contributed by atoms with Gasteiger partial charge in [-0.15, -0.1) is 0 Å². The number of hydrogen-bond donors (Lipinski definition) is 1. The topological polar surface area (TPSA) is 62.5 Å². The molecule has 0 bridgehead atoms. The van der Waals surface area contributed by atoms with Crippen molar-refractivity contribution >= 4 is 0 Å². The van der Waals surface area contributed by atoms with E-state index in [1.54, 1.807) is 6.07 Å². The molecule has 102 valence electrons. The molecule has 1 saturated carbocycles. The number of nitrogens with zero attached hydrogens (tertiary/aromatic N) is 1. The van der Waals surface area contributed by atoms with E-state index in [-0.39, 0.29) is 12.0 Å². The Hall–Kier alpha value is -1.73. The molecule has 0 aliphatic heterocycles. The minimum atomic E-state index is -0.0152. The molecule has 0 unspecified atom stereocenters. The summed E-state index contributed by atoms with van der Waals surface area (Å²) in [4.78, 5) is 0. The van der Waals surface area contributed by atoms with E-state index in [4.69, 9.17) is 19.8 Å². The van der Waals surface area contributed by atoms with Gasteiger partial charge < -0.3 is 14.6 Å².